The second kappa shape index (κ2) is 11.3. The molecule has 24 heavy (non-hydrogen) atoms. The zero-order valence-electron chi connectivity index (χ0n) is 15.3. The lowest BCUT2D eigenvalue weighted by atomic mass is 10.1. The van der Waals surface area contributed by atoms with Gasteiger partial charge in [-0.2, -0.15) is 0 Å². The third-order valence-corrected chi connectivity index (χ3v) is 3.80. The largest absolute Gasteiger partial charge is 0.491 e. The molecule has 5 heteroatoms. The van der Waals surface area contributed by atoms with Crippen LogP contribution in [0.2, 0.25) is 0 Å². The Labute approximate surface area is 151 Å². The molecule has 0 heterocycles. The van der Waals surface area contributed by atoms with Crippen LogP contribution in [-0.2, 0) is 16.0 Å². The first kappa shape index (κ1) is 20.8. The van der Waals surface area contributed by atoms with Crippen LogP contribution in [0.1, 0.15) is 46.1 Å². The van der Waals surface area contributed by atoms with Crippen LogP contribution in [0.4, 0.5) is 5.69 Å². The maximum Gasteiger partial charge on any atom is 0.243 e. The van der Waals surface area contributed by atoms with Crippen molar-refractivity contribution in [1.82, 2.24) is 0 Å². The van der Waals surface area contributed by atoms with Crippen LogP contribution in [0.5, 0.6) is 5.75 Å². The number of carbonyl (C=O) groups is 1. The van der Waals surface area contributed by atoms with Crippen molar-refractivity contribution in [2.24, 2.45) is 5.92 Å². The van der Waals surface area contributed by atoms with Crippen molar-refractivity contribution >= 4 is 23.2 Å². The Balaban J connectivity index is 3.10. The van der Waals surface area contributed by atoms with E-state index in [1.807, 2.05) is 18.2 Å². The number of halogens is 1. The Hall–Kier alpha value is -1.26. The lowest BCUT2D eigenvalue weighted by molar-refractivity contribution is -0.117. The standard InChI is InChI=1S/C19H30ClNO3/c1-5-7-11-24-17-10-8-9-16(6-2)19(17)21(18(22)12-20)14-23-13-15(3)4/h8-10,15H,5-7,11-14H2,1-4H3. The highest BCUT2D eigenvalue weighted by atomic mass is 35.5. The summed E-state index contributed by atoms with van der Waals surface area (Å²) in [4.78, 5) is 14.0. The van der Waals surface area contributed by atoms with Crippen molar-refractivity contribution in [3.63, 3.8) is 0 Å². The van der Waals surface area contributed by atoms with Crippen LogP contribution < -0.4 is 9.64 Å². The topological polar surface area (TPSA) is 38.8 Å². The fourth-order valence-electron chi connectivity index (χ4n) is 2.32. The van der Waals surface area contributed by atoms with Crippen molar-refractivity contribution in [2.75, 3.05) is 30.7 Å². The van der Waals surface area contributed by atoms with Crippen molar-refractivity contribution < 1.29 is 14.3 Å². The molecule has 1 aromatic carbocycles. The van der Waals surface area contributed by atoms with E-state index in [-0.39, 0.29) is 18.5 Å². The molecule has 0 aliphatic rings. The molecule has 0 bridgehead atoms. The summed E-state index contributed by atoms with van der Waals surface area (Å²) in [6, 6.07) is 5.88. The van der Waals surface area contributed by atoms with E-state index in [0.29, 0.717) is 19.1 Å². The van der Waals surface area contributed by atoms with Gasteiger partial charge in [0.1, 0.15) is 18.4 Å². The van der Waals surface area contributed by atoms with Gasteiger partial charge in [-0.05, 0) is 30.4 Å². The van der Waals surface area contributed by atoms with Crippen LogP contribution in [0, 0.1) is 5.92 Å². The average Bonchev–Trinajstić information content (AvgIpc) is 2.58. The summed E-state index contributed by atoms with van der Waals surface area (Å²) in [5, 5.41) is 0. The minimum atomic E-state index is -0.179. The molecular weight excluding hydrogens is 326 g/mol. The van der Waals surface area contributed by atoms with E-state index < -0.39 is 0 Å². The van der Waals surface area contributed by atoms with Gasteiger partial charge < -0.3 is 9.47 Å². The molecule has 0 radical (unpaired) electrons. The fourth-order valence-corrected chi connectivity index (χ4v) is 2.46. The number of ether oxygens (including phenoxy) is 2. The molecular formula is C19H30ClNO3. The number of carbonyl (C=O) groups excluding carboxylic acids is 1. The number of benzene rings is 1. The quantitative estimate of drug-likeness (QED) is 0.330. The maximum atomic E-state index is 12.4. The van der Waals surface area contributed by atoms with Gasteiger partial charge in [-0.25, -0.2) is 0 Å². The number of hydrogen-bond acceptors (Lipinski definition) is 3. The molecule has 0 aliphatic heterocycles. The third kappa shape index (κ3) is 6.33. The average molecular weight is 356 g/mol. The van der Waals surface area contributed by atoms with E-state index >= 15 is 0 Å². The highest BCUT2D eigenvalue weighted by Gasteiger charge is 2.22. The summed E-state index contributed by atoms with van der Waals surface area (Å²) in [5.41, 5.74) is 1.83. The maximum absolute atomic E-state index is 12.4. The van der Waals surface area contributed by atoms with Crippen molar-refractivity contribution in [3.8, 4) is 5.75 Å². The fraction of sp³-hybridized carbons (Fsp3) is 0.632. The molecule has 1 aromatic rings. The molecule has 1 amide bonds. The summed E-state index contributed by atoms with van der Waals surface area (Å²) in [6.45, 7) is 9.74. The van der Waals surface area contributed by atoms with Crippen molar-refractivity contribution in [3.05, 3.63) is 23.8 Å². The van der Waals surface area contributed by atoms with Gasteiger partial charge in [0, 0.05) is 0 Å². The van der Waals surface area contributed by atoms with Gasteiger partial charge in [0.05, 0.1) is 18.9 Å². The Morgan fingerprint density at radius 3 is 2.62 bits per heavy atom. The number of nitrogens with zero attached hydrogens (tertiary/aromatic N) is 1. The summed E-state index contributed by atoms with van der Waals surface area (Å²) in [6.07, 6.45) is 2.84. The zero-order valence-corrected chi connectivity index (χ0v) is 16.1. The van der Waals surface area contributed by atoms with E-state index in [1.165, 1.54) is 0 Å². The predicted molar refractivity (Wildman–Crippen MR) is 100 cm³/mol. The summed E-state index contributed by atoms with van der Waals surface area (Å²) in [7, 11) is 0. The van der Waals surface area contributed by atoms with E-state index in [9.17, 15) is 4.79 Å². The third-order valence-electron chi connectivity index (χ3n) is 3.58. The van der Waals surface area contributed by atoms with Gasteiger partial charge in [-0.1, -0.05) is 46.2 Å². The van der Waals surface area contributed by atoms with Gasteiger partial charge in [0.2, 0.25) is 5.91 Å². The van der Waals surface area contributed by atoms with E-state index in [1.54, 1.807) is 4.90 Å². The van der Waals surface area contributed by atoms with Crippen LogP contribution >= 0.6 is 11.6 Å². The summed E-state index contributed by atoms with van der Waals surface area (Å²) >= 11 is 5.83. The van der Waals surface area contributed by atoms with E-state index in [2.05, 4.69) is 27.7 Å². The van der Waals surface area contributed by atoms with Gasteiger partial charge >= 0.3 is 0 Å². The first-order chi connectivity index (χ1) is 11.5. The summed E-state index contributed by atoms with van der Waals surface area (Å²) < 4.78 is 11.6. The molecule has 0 N–H and O–H groups in total. The van der Waals surface area contributed by atoms with Crippen LogP contribution in [0.3, 0.4) is 0 Å². The normalized spacial score (nSPS) is 10.9. The lowest BCUT2D eigenvalue weighted by Gasteiger charge is -2.27. The van der Waals surface area contributed by atoms with Gasteiger partial charge in [0.25, 0.3) is 0 Å². The number of para-hydroxylation sites is 1. The Morgan fingerprint density at radius 2 is 2.04 bits per heavy atom. The van der Waals surface area contributed by atoms with Crippen molar-refractivity contribution in [2.45, 2.75) is 47.0 Å². The highest BCUT2D eigenvalue weighted by Crippen LogP contribution is 2.33. The molecule has 0 aromatic heterocycles. The Morgan fingerprint density at radius 1 is 1.29 bits per heavy atom. The van der Waals surface area contributed by atoms with E-state index in [4.69, 9.17) is 21.1 Å². The van der Waals surface area contributed by atoms with Gasteiger partial charge in [-0.3, -0.25) is 9.69 Å². The number of hydrogen-bond donors (Lipinski definition) is 0. The molecule has 4 nitrogen and oxygen atoms in total. The zero-order chi connectivity index (χ0) is 17.9. The second-order valence-electron chi connectivity index (χ2n) is 6.17. The number of amides is 1. The predicted octanol–water partition coefficient (Wildman–Crippen LogP) is 4.63. The van der Waals surface area contributed by atoms with Crippen LogP contribution in [0.25, 0.3) is 0 Å². The first-order valence-electron chi connectivity index (χ1n) is 8.73. The van der Waals surface area contributed by atoms with E-state index in [0.717, 1.165) is 36.3 Å². The molecule has 136 valence electrons. The minimum absolute atomic E-state index is 0.0858. The number of anilines is 1. The molecule has 0 spiro atoms. The van der Waals surface area contributed by atoms with Crippen molar-refractivity contribution in [1.29, 1.82) is 0 Å². The van der Waals surface area contributed by atoms with Gasteiger partial charge in [0.15, 0.2) is 0 Å². The summed E-state index contributed by atoms with van der Waals surface area (Å²) in [5.74, 6) is 0.855. The Bertz CT molecular complexity index is 505. The molecule has 0 saturated heterocycles. The minimum Gasteiger partial charge on any atom is -0.491 e. The Kier molecular flexibility index (Phi) is 9.80. The van der Waals surface area contributed by atoms with Gasteiger partial charge in [-0.15, -0.1) is 11.6 Å². The lowest BCUT2D eigenvalue weighted by Crippen LogP contribution is -2.35. The highest BCUT2D eigenvalue weighted by molar-refractivity contribution is 6.29. The molecule has 0 atom stereocenters. The molecule has 0 unspecified atom stereocenters. The number of aryl methyl sites for hydroxylation is 1. The number of rotatable bonds is 11. The first-order valence-corrected chi connectivity index (χ1v) is 9.27. The molecule has 1 rings (SSSR count). The molecule has 0 saturated carbocycles. The smallest absolute Gasteiger partial charge is 0.243 e. The second-order valence-corrected chi connectivity index (χ2v) is 6.44. The monoisotopic (exact) mass is 355 g/mol. The number of alkyl halides is 1. The molecule has 0 fully saturated rings. The molecule has 0 aliphatic carbocycles. The number of unbranched alkanes of at least 4 members (excludes halogenated alkanes) is 1. The van der Waals surface area contributed by atoms with Crippen LogP contribution in [-0.4, -0.2) is 31.7 Å². The van der Waals surface area contributed by atoms with Crippen LogP contribution in [0.15, 0.2) is 18.2 Å². The SMILES string of the molecule is CCCCOc1cccc(CC)c1N(COCC(C)C)C(=O)CCl.